The number of halogens is 1. The number of amides is 2. The number of benzene rings is 1. The molecular weight excluding hydrogens is 295 g/mol. The minimum Gasteiger partial charge on any atom is -0.389 e. The molecule has 5 heteroatoms. The van der Waals surface area contributed by atoms with Crippen molar-refractivity contribution in [1.82, 2.24) is 10.2 Å². The topological polar surface area (TPSA) is 52.6 Å². The smallest absolute Gasteiger partial charge is 0.317 e. The quantitative estimate of drug-likeness (QED) is 0.894. The van der Waals surface area contributed by atoms with Crippen LogP contribution in [0.25, 0.3) is 0 Å². The van der Waals surface area contributed by atoms with Gasteiger partial charge in [0.15, 0.2) is 0 Å². The first kappa shape index (κ1) is 17.7. The molecule has 0 heterocycles. The Kier molecular flexibility index (Phi) is 5.30. The first-order chi connectivity index (χ1) is 10.7. The highest BCUT2D eigenvalue weighted by Gasteiger charge is 2.31. The Morgan fingerprint density at radius 2 is 2.17 bits per heavy atom. The van der Waals surface area contributed by atoms with E-state index in [1.165, 1.54) is 6.07 Å². The average molecular weight is 322 g/mol. The van der Waals surface area contributed by atoms with Gasteiger partial charge in [-0.1, -0.05) is 19.1 Å². The summed E-state index contributed by atoms with van der Waals surface area (Å²) in [4.78, 5) is 14.2. The fraction of sp³-hybridized carbons (Fsp3) is 0.611. The number of carbonyl (C=O) groups is 1. The molecule has 2 rings (SSSR count). The summed E-state index contributed by atoms with van der Waals surface area (Å²) < 4.78 is 14.0. The Balaban J connectivity index is 2.19. The van der Waals surface area contributed by atoms with Crippen LogP contribution in [0.2, 0.25) is 0 Å². The third-order valence-corrected chi connectivity index (χ3v) is 4.43. The van der Waals surface area contributed by atoms with Gasteiger partial charge in [-0.2, -0.15) is 0 Å². The molecule has 2 atom stereocenters. The van der Waals surface area contributed by atoms with Gasteiger partial charge in [-0.15, -0.1) is 0 Å². The second-order valence-corrected chi connectivity index (χ2v) is 7.08. The van der Waals surface area contributed by atoms with Crippen molar-refractivity contribution in [3.63, 3.8) is 0 Å². The lowest BCUT2D eigenvalue weighted by Gasteiger charge is -2.35. The SMILES string of the molecule is CCN(CC(C)(C)O)C(=O)NC1c2cccc(F)c2CCC1C. The number of rotatable bonds is 4. The van der Waals surface area contributed by atoms with Crippen molar-refractivity contribution in [2.75, 3.05) is 13.1 Å². The minimum atomic E-state index is -0.949. The van der Waals surface area contributed by atoms with Crippen LogP contribution in [0.5, 0.6) is 0 Å². The van der Waals surface area contributed by atoms with Gasteiger partial charge in [0.2, 0.25) is 0 Å². The van der Waals surface area contributed by atoms with Gasteiger partial charge in [-0.05, 0) is 56.7 Å². The molecule has 0 spiro atoms. The molecule has 2 unspecified atom stereocenters. The predicted octanol–water partition coefficient (Wildman–Crippen LogP) is 3.25. The predicted molar refractivity (Wildman–Crippen MR) is 88.7 cm³/mol. The van der Waals surface area contributed by atoms with Crippen LogP contribution in [0.15, 0.2) is 18.2 Å². The van der Waals surface area contributed by atoms with Gasteiger partial charge in [-0.25, -0.2) is 9.18 Å². The third kappa shape index (κ3) is 4.22. The number of hydrogen-bond donors (Lipinski definition) is 2. The monoisotopic (exact) mass is 322 g/mol. The maximum atomic E-state index is 14.0. The number of urea groups is 1. The zero-order chi connectivity index (χ0) is 17.2. The number of fused-ring (bicyclic) bond motifs is 1. The molecule has 0 aromatic heterocycles. The molecule has 1 aromatic rings. The molecule has 0 aliphatic heterocycles. The van der Waals surface area contributed by atoms with E-state index in [-0.39, 0.29) is 30.4 Å². The van der Waals surface area contributed by atoms with Crippen molar-refractivity contribution in [1.29, 1.82) is 0 Å². The Hall–Kier alpha value is -1.62. The number of carbonyl (C=O) groups excluding carboxylic acids is 1. The standard InChI is InChI=1S/C18H27FN2O2/c1-5-21(11-18(3,4)23)17(22)20-16-12(2)9-10-13-14(16)7-6-8-15(13)19/h6-8,12,16,23H,5,9-11H2,1-4H3,(H,20,22). The van der Waals surface area contributed by atoms with Crippen LogP contribution >= 0.6 is 0 Å². The summed E-state index contributed by atoms with van der Waals surface area (Å²) in [6.07, 6.45) is 1.55. The molecule has 1 aliphatic rings. The van der Waals surface area contributed by atoms with Gasteiger partial charge in [0, 0.05) is 6.54 Å². The van der Waals surface area contributed by atoms with E-state index >= 15 is 0 Å². The zero-order valence-corrected chi connectivity index (χ0v) is 14.4. The fourth-order valence-electron chi connectivity index (χ4n) is 3.21. The Morgan fingerprint density at radius 3 is 2.78 bits per heavy atom. The molecule has 1 aromatic carbocycles. The van der Waals surface area contributed by atoms with E-state index in [0.29, 0.717) is 18.5 Å². The molecule has 23 heavy (non-hydrogen) atoms. The van der Waals surface area contributed by atoms with E-state index in [4.69, 9.17) is 0 Å². The molecule has 1 aliphatic carbocycles. The van der Waals surface area contributed by atoms with Crippen LogP contribution in [0.3, 0.4) is 0 Å². The van der Waals surface area contributed by atoms with Crippen LogP contribution in [0.4, 0.5) is 9.18 Å². The van der Waals surface area contributed by atoms with Crippen LogP contribution in [0, 0.1) is 11.7 Å². The minimum absolute atomic E-state index is 0.196. The molecule has 2 N–H and O–H groups in total. The van der Waals surface area contributed by atoms with Crippen molar-refractivity contribution < 1.29 is 14.3 Å². The van der Waals surface area contributed by atoms with E-state index < -0.39 is 5.60 Å². The molecule has 0 fully saturated rings. The van der Waals surface area contributed by atoms with Gasteiger partial charge in [0.25, 0.3) is 0 Å². The van der Waals surface area contributed by atoms with Gasteiger partial charge in [-0.3, -0.25) is 0 Å². The summed E-state index contributed by atoms with van der Waals surface area (Å²) in [5.41, 5.74) is 0.632. The first-order valence-corrected chi connectivity index (χ1v) is 8.28. The van der Waals surface area contributed by atoms with Crippen LogP contribution in [-0.2, 0) is 6.42 Å². The number of nitrogens with zero attached hydrogens (tertiary/aromatic N) is 1. The van der Waals surface area contributed by atoms with Gasteiger partial charge in [0.1, 0.15) is 5.82 Å². The molecule has 0 bridgehead atoms. The summed E-state index contributed by atoms with van der Waals surface area (Å²) in [5.74, 6) is 0.0478. The number of hydrogen-bond acceptors (Lipinski definition) is 2. The van der Waals surface area contributed by atoms with Gasteiger partial charge >= 0.3 is 6.03 Å². The van der Waals surface area contributed by atoms with Crippen molar-refractivity contribution in [3.05, 3.63) is 35.1 Å². The lowest BCUT2D eigenvalue weighted by Crippen LogP contribution is -2.49. The van der Waals surface area contributed by atoms with Gasteiger partial charge in [0.05, 0.1) is 18.2 Å². The molecule has 0 saturated heterocycles. The van der Waals surface area contributed by atoms with Crippen LogP contribution in [0.1, 0.15) is 51.3 Å². The highest BCUT2D eigenvalue weighted by Crippen LogP contribution is 2.35. The van der Waals surface area contributed by atoms with Gasteiger partial charge < -0.3 is 15.3 Å². The maximum absolute atomic E-state index is 14.0. The van der Waals surface area contributed by atoms with Crippen molar-refractivity contribution in [2.24, 2.45) is 5.92 Å². The highest BCUT2D eigenvalue weighted by atomic mass is 19.1. The Morgan fingerprint density at radius 1 is 1.48 bits per heavy atom. The van der Waals surface area contributed by atoms with E-state index in [0.717, 1.165) is 12.0 Å². The largest absolute Gasteiger partial charge is 0.389 e. The highest BCUT2D eigenvalue weighted by molar-refractivity contribution is 5.75. The number of aliphatic hydroxyl groups is 1. The maximum Gasteiger partial charge on any atom is 0.317 e. The molecular formula is C18H27FN2O2. The van der Waals surface area contributed by atoms with Crippen molar-refractivity contribution in [3.8, 4) is 0 Å². The Bertz CT molecular complexity index is 569. The van der Waals surface area contributed by atoms with Crippen molar-refractivity contribution >= 4 is 6.03 Å². The second kappa shape index (κ2) is 6.87. The van der Waals surface area contributed by atoms with Crippen LogP contribution < -0.4 is 5.32 Å². The normalized spacial score (nSPS) is 20.8. The zero-order valence-electron chi connectivity index (χ0n) is 14.4. The summed E-state index contributed by atoms with van der Waals surface area (Å²) >= 11 is 0. The lowest BCUT2D eigenvalue weighted by molar-refractivity contribution is 0.0471. The van der Waals surface area contributed by atoms with Crippen LogP contribution in [-0.4, -0.2) is 34.7 Å². The fourth-order valence-corrected chi connectivity index (χ4v) is 3.21. The first-order valence-electron chi connectivity index (χ1n) is 8.28. The molecule has 0 radical (unpaired) electrons. The van der Waals surface area contributed by atoms with E-state index in [1.54, 1.807) is 24.8 Å². The summed E-state index contributed by atoms with van der Waals surface area (Å²) in [7, 11) is 0. The number of likely N-dealkylation sites (N-methyl/N-ethyl adjacent to an activating group) is 1. The summed E-state index contributed by atoms with van der Waals surface area (Å²) in [5, 5.41) is 13.0. The third-order valence-electron chi connectivity index (χ3n) is 4.43. The van der Waals surface area contributed by atoms with E-state index in [2.05, 4.69) is 12.2 Å². The average Bonchev–Trinajstić information content (AvgIpc) is 2.47. The van der Waals surface area contributed by atoms with Crippen molar-refractivity contribution in [2.45, 2.75) is 52.2 Å². The van der Waals surface area contributed by atoms with E-state index in [1.807, 2.05) is 13.0 Å². The lowest BCUT2D eigenvalue weighted by atomic mass is 9.80. The molecule has 4 nitrogen and oxygen atoms in total. The number of nitrogens with one attached hydrogen (secondary N) is 1. The second-order valence-electron chi connectivity index (χ2n) is 7.08. The summed E-state index contributed by atoms with van der Waals surface area (Å²) in [6, 6.07) is 4.65. The Labute approximate surface area is 137 Å². The summed E-state index contributed by atoms with van der Waals surface area (Å²) in [6.45, 7) is 8.07. The molecule has 2 amide bonds. The molecule has 128 valence electrons. The molecule has 0 saturated carbocycles. The van der Waals surface area contributed by atoms with E-state index in [9.17, 15) is 14.3 Å².